The van der Waals surface area contributed by atoms with E-state index in [0.29, 0.717) is 13.1 Å². The monoisotopic (exact) mass is 510 g/mol. The van der Waals surface area contributed by atoms with E-state index in [1.54, 1.807) is 14.2 Å². The third-order valence-corrected chi connectivity index (χ3v) is 6.32. The number of piperazine rings is 1. The number of methoxy groups -OCH3 is 2. The molecule has 1 aliphatic heterocycles. The van der Waals surface area contributed by atoms with Crippen molar-refractivity contribution in [2.45, 2.75) is 23.0 Å². The van der Waals surface area contributed by atoms with Crippen molar-refractivity contribution >= 4 is 43.7 Å². The van der Waals surface area contributed by atoms with Gasteiger partial charge in [-0.3, -0.25) is 9.59 Å². The Labute approximate surface area is 180 Å². The van der Waals surface area contributed by atoms with Crippen molar-refractivity contribution in [3.05, 3.63) is 59.7 Å². The summed E-state index contributed by atoms with van der Waals surface area (Å²) in [5.41, 5.74) is 1.82. The second-order valence-corrected chi connectivity index (χ2v) is 8.03. The Bertz CT molecular complexity index is 771. The molecule has 148 valence electrons. The van der Waals surface area contributed by atoms with E-state index in [4.69, 9.17) is 9.47 Å². The fourth-order valence-electron chi connectivity index (χ4n) is 2.94. The van der Waals surface area contributed by atoms with Crippen LogP contribution in [0.2, 0.25) is 0 Å². The van der Waals surface area contributed by atoms with Crippen LogP contribution in [-0.2, 0) is 22.7 Å². The van der Waals surface area contributed by atoms with Crippen LogP contribution in [0.5, 0.6) is 11.5 Å². The van der Waals surface area contributed by atoms with Crippen molar-refractivity contribution in [3.8, 4) is 11.5 Å². The van der Waals surface area contributed by atoms with Gasteiger partial charge in [0.25, 0.3) is 11.8 Å². The zero-order chi connectivity index (χ0) is 20.3. The summed E-state index contributed by atoms with van der Waals surface area (Å²) < 4.78 is 10.3. The number of benzene rings is 2. The molecular formula is C20H20Br2N2O4. The first-order valence-electron chi connectivity index (χ1n) is 8.59. The molecule has 1 aliphatic rings. The van der Waals surface area contributed by atoms with Gasteiger partial charge in [0.1, 0.15) is 11.5 Å². The number of ether oxygens (including phenoxy) is 2. The molecule has 2 unspecified atom stereocenters. The molecule has 0 aliphatic carbocycles. The summed E-state index contributed by atoms with van der Waals surface area (Å²) >= 11 is 6.80. The Morgan fingerprint density at radius 1 is 0.714 bits per heavy atom. The molecule has 0 N–H and O–H groups in total. The summed E-state index contributed by atoms with van der Waals surface area (Å²) in [5.74, 6) is 1.13. The summed E-state index contributed by atoms with van der Waals surface area (Å²) in [5, 5.41) is 0. The van der Waals surface area contributed by atoms with Gasteiger partial charge >= 0.3 is 0 Å². The number of alkyl halides is 2. The van der Waals surface area contributed by atoms with E-state index >= 15 is 0 Å². The van der Waals surface area contributed by atoms with Gasteiger partial charge in [-0.2, -0.15) is 0 Å². The van der Waals surface area contributed by atoms with Gasteiger partial charge in [-0.15, -0.1) is 0 Å². The van der Waals surface area contributed by atoms with E-state index in [1.807, 2.05) is 48.5 Å². The van der Waals surface area contributed by atoms with Gasteiger partial charge in [-0.25, -0.2) is 0 Å². The quantitative estimate of drug-likeness (QED) is 0.440. The first kappa shape index (κ1) is 20.7. The second-order valence-electron chi connectivity index (χ2n) is 6.30. The Hall–Kier alpha value is -2.06. The number of amides is 2. The number of nitrogens with zero attached hydrogens (tertiary/aromatic N) is 2. The predicted molar refractivity (Wildman–Crippen MR) is 113 cm³/mol. The van der Waals surface area contributed by atoms with Crippen molar-refractivity contribution in [1.82, 2.24) is 9.80 Å². The Kier molecular flexibility index (Phi) is 6.61. The van der Waals surface area contributed by atoms with Crippen LogP contribution in [-0.4, -0.2) is 45.7 Å². The number of carbonyl (C=O) groups excluding carboxylic acids is 2. The molecule has 0 saturated carbocycles. The molecule has 0 bridgehead atoms. The average molecular weight is 512 g/mol. The van der Waals surface area contributed by atoms with Crippen LogP contribution in [0, 0.1) is 0 Å². The molecule has 3 rings (SSSR count). The van der Waals surface area contributed by atoms with E-state index in [2.05, 4.69) is 31.9 Å². The summed E-state index contributed by atoms with van der Waals surface area (Å²) in [6, 6.07) is 14.8. The number of hydrogen-bond donors (Lipinski definition) is 0. The fraction of sp³-hybridized carbons (Fsp3) is 0.300. The molecule has 2 aromatic carbocycles. The van der Waals surface area contributed by atoms with Crippen LogP contribution >= 0.6 is 31.9 Å². The lowest BCUT2D eigenvalue weighted by Crippen LogP contribution is -2.60. The largest absolute Gasteiger partial charge is 0.497 e. The highest BCUT2D eigenvalue weighted by molar-refractivity contribution is 9.10. The lowest BCUT2D eigenvalue weighted by molar-refractivity contribution is -0.154. The zero-order valence-corrected chi connectivity index (χ0v) is 18.6. The minimum atomic E-state index is -0.728. The Morgan fingerprint density at radius 3 is 1.32 bits per heavy atom. The smallest absolute Gasteiger partial charge is 0.258 e. The Morgan fingerprint density at radius 2 is 1.04 bits per heavy atom. The third kappa shape index (κ3) is 4.33. The topological polar surface area (TPSA) is 59.1 Å². The van der Waals surface area contributed by atoms with Gasteiger partial charge in [0.05, 0.1) is 14.2 Å². The molecule has 28 heavy (non-hydrogen) atoms. The van der Waals surface area contributed by atoms with E-state index in [0.717, 1.165) is 22.6 Å². The highest BCUT2D eigenvalue weighted by Gasteiger charge is 2.43. The van der Waals surface area contributed by atoms with Crippen LogP contribution in [0.15, 0.2) is 48.5 Å². The summed E-state index contributed by atoms with van der Waals surface area (Å²) in [6.07, 6.45) is 0. The molecule has 2 aromatic rings. The minimum Gasteiger partial charge on any atom is -0.497 e. The number of hydrogen-bond acceptors (Lipinski definition) is 4. The highest BCUT2D eigenvalue weighted by Crippen LogP contribution is 2.29. The van der Waals surface area contributed by atoms with E-state index < -0.39 is 9.90 Å². The maximum Gasteiger partial charge on any atom is 0.258 e. The van der Waals surface area contributed by atoms with Crippen LogP contribution in [0.4, 0.5) is 0 Å². The van der Waals surface area contributed by atoms with Crippen LogP contribution < -0.4 is 9.47 Å². The van der Waals surface area contributed by atoms with Crippen molar-refractivity contribution in [2.75, 3.05) is 14.2 Å². The standard InChI is InChI=1S/C20H20Br2N2O4/c1-27-15-7-3-13(4-8-15)11-23-17(21)20(26)24(18(22)19(23)25)12-14-5-9-16(28-2)10-6-14/h3-10,17-18H,11-12H2,1-2H3. The molecule has 2 atom stereocenters. The van der Waals surface area contributed by atoms with E-state index in [-0.39, 0.29) is 11.8 Å². The van der Waals surface area contributed by atoms with Crippen molar-refractivity contribution in [1.29, 1.82) is 0 Å². The predicted octanol–water partition coefficient (Wildman–Crippen LogP) is 3.52. The molecule has 0 radical (unpaired) electrons. The summed E-state index contributed by atoms with van der Waals surface area (Å²) in [4.78, 5) is 27.4. The van der Waals surface area contributed by atoms with Crippen molar-refractivity contribution < 1.29 is 19.1 Å². The SMILES string of the molecule is COc1ccc(CN2C(=O)C(Br)N(Cc3ccc(OC)cc3)C(=O)C2Br)cc1. The van der Waals surface area contributed by atoms with Crippen molar-refractivity contribution in [3.63, 3.8) is 0 Å². The van der Waals surface area contributed by atoms with Crippen LogP contribution in [0.1, 0.15) is 11.1 Å². The van der Waals surface area contributed by atoms with Gasteiger partial charge in [-0.1, -0.05) is 56.1 Å². The van der Waals surface area contributed by atoms with Crippen molar-refractivity contribution in [2.24, 2.45) is 0 Å². The molecule has 0 aromatic heterocycles. The zero-order valence-electron chi connectivity index (χ0n) is 15.5. The summed E-state index contributed by atoms with van der Waals surface area (Å²) in [6.45, 7) is 0.645. The van der Waals surface area contributed by atoms with Gasteiger partial charge in [0.2, 0.25) is 0 Å². The molecule has 8 heteroatoms. The lowest BCUT2D eigenvalue weighted by Gasteiger charge is -2.41. The van der Waals surface area contributed by atoms with E-state index in [9.17, 15) is 9.59 Å². The van der Waals surface area contributed by atoms with Crippen LogP contribution in [0.25, 0.3) is 0 Å². The highest BCUT2D eigenvalue weighted by atomic mass is 79.9. The molecule has 6 nitrogen and oxygen atoms in total. The first-order chi connectivity index (χ1) is 13.4. The average Bonchev–Trinajstić information content (AvgIpc) is 2.73. The Balaban J connectivity index is 1.74. The molecule has 0 spiro atoms. The molecule has 2 amide bonds. The maximum atomic E-state index is 12.9. The number of rotatable bonds is 6. The normalized spacial score (nSPS) is 19.7. The molecule has 1 heterocycles. The number of halogens is 2. The lowest BCUT2D eigenvalue weighted by atomic mass is 10.1. The van der Waals surface area contributed by atoms with Gasteiger partial charge in [0.15, 0.2) is 9.90 Å². The first-order valence-corrected chi connectivity index (χ1v) is 10.4. The molecular weight excluding hydrogens is 492 g/mol. The molecule has 1 saturated heterocycles. The van der Waals surface area contributed by atoms with Crippen LogP contribution in [0.3, 0.4) is 0 Å². The van der Waals surface area contributed by atoms with E-state index in [1.165, 1.54) is 9.80 Å². The number of carbonyl (C=O) groups is 2. The molecule has 1 fully saturated rings. The minimum absolute atomic E-state index is 0.175. The third-order valence-electron chi connectivity index (χ3n) is 4.54. The maximum absolute atomic E-state index is 12.9. The fourth-order valence-corrected chi connectivity index (χ4v) is 4.15. The van der Waals surface area contributed by atoms with Gasteiger partial charge < -0.3 is 19.3 Å². The summed E-state index contributed by atoms with van der Waals surface area (Å²) in [7, 11) is 3.20. The van der Waals surface area contributed by atoms with Gasteiger partial charge in [-0.05, 0) is 35.4 Å². The van der Waals surface area contributed by atoms with Gasteiger partial charge in [0, 0.05) is 13.1 Å². The second kappa shape index (κ2) is 8.96.